The van der Waals surface area contributed by atoms with Crippen molar-refractivity contribution < 1.29 is 14.6 Å². The number of rotatable bonds is 10. The first kappa shape index (κ1) is 15.8. The van der Waals surface area contributed by atoms with Crippen LogP contribution in [0.3, 0.4) is 0 Å². The van der Waals surface area contributed by atoms with E-state index in [-0.39, 0.29) is 6.10 Å². The van der Waals surface area contributed by atoms with Crippen LogP contribution < -0.4 is 5.32 Å². The van der Waals surface area contributed by atoms with Gasteiger partial charge < -0.3 is 19.9 Å². The van der Waals surface area contributed by atoms with Crippen molar-refractivity contribution in [1.82, 2.24) is 5.32 Å². The second kappa shape index (κ2) is 10.0. The molecule has 0 amide bonds. The van der Waals surface area contributed by atoms with E-state index in [9.17, 15) is 5.11 Å². The van der Waals surface area contributed by atoms with E-state index in [1.165, 1.54) is 0 Å². The zero-order valence-corrected chi connectivity index (χ0v) is 11.0. The fourth-order valence-corrected chi connectivity index (χ4v) is 1.26. The van der Waals surface area contributed by atoms with E-state index in [0.717, 1.165) is 13.0 Å². The summed E-state index contributed by atoms with van der Waals surface area (Å²) in [6, 6.07) is 0. The number of aliphatic hydroxyl groups excluding tert-OH is 1. The molecule has 0 aromatic rings. The minimum absolute atomic E-state index is 0.0363. The van der Waals surface area contributed by atoms with Gasteiger partial charge in [-0.1, -0.05) is 20.3 Å². The molecule has 0 aromatic carbocycles. The van der Waals surface area contributed by atoms with Crippen LogP contribution in [0.25, 0.3) is 0 Å². The van der Waals surface area contributed by atoms with Crippen molar-refractivity contribution in [2.45, 2.75) is 39.4 Å². The molecule has 98 valence electrons. The highest BCUT2D eigenvalue weighted by Crippen LogP contribution is 1.98. The normalized spacial score (nSPS) is 17.1. The van der Waals surface area contributed by atoms with Gasteiger partial charge in [0.25, 0.3) is 0 Å². The quantitative estimate of drug-likeness (QED) is 0.592. The summed E-state index contributed by atoms with van der Waals surface area (Å²) < 4.78 is 10.4. The van der Waals surface area contributed by atoms with Crippen LogP contribution in [0, 0.1) is 5.92 Å². The van der Waals surface area contributed by atoms with Crippen LogP contribution in [0.1, 0.15) is 27.2 Å². The third kappa shape index (κ3) is 9.09. The molecule has 0 aliphatic carbocycles. The fraction of sp³-hybridized carbons (Fsp3) is 1.00. The first-order valence-corrected chi connectivity index (χ1v) is 6.09. The van der Waals surface area contributed by atoms with E-state index >= 15 is 0 Å². The van der Waals surface area contributed by atoms with E-state index in [0.29, 0.717) is 25.7 Å². The summed E-state index contributed by atoms with van der Waals surface area (Å²) in [5.74, 6) is 0.653. The Kier molecular flexibility index (Phi) is 9.92. The lowest BCUT2D eigenvalue weighted by atomic mass is 10.1. The summed E-state index contributed by atoms with van der Waals surface area (Å²) in [6.45, 7) is 8.74. The number of ether oxygens (including phenoxy) is 2. The van der Waals surface area contributed by atoms with Crippen LogP contribution >= 0.6 is 0 Å². The molecule has 16 heavy (non-hydrogen) atoms. The number of hydrogen-bond donors (Lipinski definition) is 2. The lowest BCUT2D eigenvalue weighted by Gasteiger charge is -2.17. The molecular weight excluding hydrogens is 206 g/mol. The molecule has 3 unspecified atom stereocenters. The van der Waals surface area contributed by atoms with E-state index in [1.54, 1.807) is 7.11 Å². The maximum atomic E-state index is 9.62. The van der Waals surface area contributed by atoms with Crippen molar-refractivity contribution in [2.75, 3.05) is 33.4 Å². The lowest BCUT2D eigenvalue weighted by molar-refractivity contribution is -0.0311. The van der Waals surface area contributed by atoms with Crippen LogP contribution in [0.15, 0.2) is 0 Å². The predicted octanol–water partition coefficient (Wildman–Crippen LogP) is 1.03. The van der Waals surface area contributed by atoms with Crippen molar-refractivity contribution >= 4 is 0 Å². The molecule has 0 heterocycles. The van der Waals surface area contributed by atoms with E-state index < -0.39 is 6.10 Å². The van der Waals surface area contributed by atoms with Crippen molar-refractivity contribution in [1.29, 1.82) is 0 Å². The second-order valence-corrected chi connectivity index (χ2v) is 4.42. The van der Waals surface area contributed by atoms with Crippen molar-refractivity contribution in [2.24, 2.45) is 5.92 Å². The van der Waals surface area contributed by atoms with Crippen molar-refractivity contribution in [3.63, 3.8) is 0 Å². The van der Waals surface area contributed by atoms with E-state index in [1.807, 2.05) is 6.92 Å². The summed E-state index contributed by atoms with van der Waals surface area (Å²) in [5, 5.41) is 12.9. The zero-order chi connectivity index (χ0) is 12.4. The van der Waals surface area contributed by atoms with Gasteiger partial charge in [-0.2, -0.15) is 0 Å². The Morgan fingerprint density at radius 2 is 1.88 bits per heavy atom. The molecule has 4 nitrogen and oxygen atoms in total. The van der Waals surface area contributed by atoms with Crippen LogP contribution in [0.5, 0.6) is 0 Å². The average molecular weight is 233 g/mol. The Bertz CT molecular complexity index is 155. The lowest BCUT2D eigenvalue weighted by Crippen LogP contribution is -2.34. The van der Waals surface area contributed by atoms with Gasteiger partial charge in [0, 0.05) is 13.7 Å². The molecule has 0 fully saturated rings. The smallest absolute Gasteiger partial charge is 0.0897 e. The molecule has 4 heteroatoms. The topological polar surface area (TPSA) is 50.7 Å². The first-order valence-electron chi connectivity index (χ1n) is 6.09. The van der Waals surface area contributed by atoms with Gasteiger partial charge >= 0.3 is 0 Å². The largest absolute Gasteiger partial charge is 0.389 e. The summed E-state index contributed by atoms with van der Waals surface area (Å²) >= 11 is 0. The van der Waals surface area contributed by atoms with Gasteiger partial charge in [-0.3, -0.25) is 0 Å². The van der Waals surface area contributed by atoms with Gasteiger partial charge in [-0.15, -0.1) is 0 Å². The Labute approximate surface area is 99.3 Å². The minimum Gasteiger partial charge on any atom is -0.389 e. The Morgan fingerprint density at radius 3 is 2.44 bits per heavy atom. The Morgan fingerprint density at radius 1 is 1.19 bits per heavy atom. The van der Waals surface area contributed by atoms with Crippen LogP contribution in [-0.4, -0.2) is 50.7 Å². The highest BCUT2D eigenvalue weighted by atomic mass is 16.5. The van der Waals surface area contributed by atoms with Crippen molar-refractivity contribution in [3.8, 4) is 0 Å². The maximum Gasteiger partial charge on any atom is 0.0897 e. The highest BCUT2D eigenvalue weighted by Gasteiger charge is 2.08. The van der Waals surface area contributed by atoms with Crippen LogP contribution in [0.4, 0.5) is 0 Å². The number of nitrogens with one attached hydrogen (secondary N) is 1. The Balaban J connectivity index is 3.40. The predicted molar refractivity (Wildman–Crippen MR) is 65.6 cm³/mol. The minimum atomic E-state index is -0.441. The molecule has 0 aliphatic rings. The fourth-order valence-electron chi connectivity index (χ4n) is 1.26. The third-order valence-electron chi connectivity index (χ3n) is 2.54. The third-order valence-corrected chi connectivity index (χ3v) is 2.54. The molecule has 0 bridgehead atoms. The van der Waals surface area contributed by atoms with Gasteiger partial charge in [0.05, 0.1) is 25.4 Å². The average Bonchev–Trinajstić information content (AvgIpc) is 2.26. The highest BCUT2D eigenvalue weighted by molar-refractivity contribution is 4.62. The number of aliphatic hydroxyl groups is 1. The SMILES string of the molecule is CCC(C)CNCC(O)COC(C)COC. The van der Waals surface area contributed by atoms with Gasteiger partial charge in [0.15, 0.2) is 0 Å². The summed E-state index contributed by atoms with van der Waals surface area (Å²) in [4.78, 5) is 0. The molecule has 0 spiro atoms. The summed E-state index contributed by atoms with van der Waals surface area (Å²) in [5.41, 5.74) is 0. The maximum absolute atomic E-state index is 9.62. The van der Waals surface area contributed by atoms with Crippen LogP contribution in [0.2, 0.25) is 0 Å². The van der Waals surface area contributed by atoms with Gasteiger partial charge in [-0.05, 0) is 19.4 Å². The van der Waals surface area contributed by atoms with E-state index in [2.05, 4.69) is 19.2 Å². The van der Waals surface area contributed by atoms with Crippen LogP contribution in [-0.2, 0) is 9.47 Å². The second-order valence-electron chi connectivity index (χ2n) is 4.42. The Hall–Kier alpha value is -0.160. The molecule has 3 atom stereocenters. The molecule has 0 aromatic heterocycles. The van der Waals surface area contributed by atoms with Crippen molar-refractivity contribution in [3.05, 3.63) is 0 Å². The summed E-state index contributed by atoms with van der Waals surface area (Å²) in [6.07, 6.45) is 0.752. The molecule has 0 saturated heterocycles. The molecule has 0 radical (unpaired) electrons. The molecule has 0 aliphatic heterocycles. The molecule has 0 saturated carbocycles. The van der Waals surface area contributed by atoms with Gasteiger partial charge in [0.2, 0.25) is 0 Å². The number of hydrogen-bond acceptors (Lipinski definition) is 4. The number of methoxy groups -OCH3 is 1. The van der Waals surface area contributed by atoms with Gasteiger partial charge in [0.1, 0.15) is 0 Å². The monoisotopic (exact) mass is 233 g/mol. The van der Waals surface area contributed by atoms with E-state index in [4.69, 9.17) is 9.47 Å². The zero-order valence-electron chi connectivity index (χ0n) is 11.0. The summed E-state index contributed by atoms with van der Waals surface area (Å²) in [7, 11) is 1.64. The molecular formula is C12H27NO3. The first-order chi connectivity index (χ1) is 7.60. The molecule has 0 rings (SSSR count). The van der Waals surface area contributed by atoms with Gasteiger partial charge in [-0.25, -0.2) is 0 Å². The standard InChI is InChI=1S/C12H27NO3/c1-5-10(2)6-13-7-12(14)9-16-11(3)8-15-4/h10-14H,5-9H2,1-4H3. The molecule has 2 N–H and O–H groups in total.